The predicted molar refractivity (Wildman–Crippen MR) is 114 cm³/mol. The highest BCUT2D eigenvalue weighted by atomic mass is 79.9. The molecule has 0 saturated heterocycles. The lowest BCUT2D eigenvalue weighted by Gasteiger charge is -2.13. The van der Waals surface area contributed by atoms with Crippen LogP contribution in [0.1, 0.15) is 5.56 Å². The highest BCUT2D eigenvalue weighted by Gasteiger charge is 2.11. The zero-order valence-electron chi connectivity index (χ0n) is 15.1. The Morgan fingerprint density at radius 1 is 1.29 bits per heavy atom. The summed E-state index contributed by atoms with van der Waals surface area (Å²) in [7, 11) is 1.56. The molecule has 140 valence electrons. The number of hydrogen-bond acceptors (Lipinski definition) is 5. The average Bonchev–Trinajstić information content (AvgIpc) is 2.68. The molecule has 7 heteroatoms. The zero-order valence-corrected chi connectivity index (χ0v) is 16.7. The van der Waals surface area contributed by atoms with E-state index in [0.29, 0.717) is 29.1 Å². The Morgan fingerprint density at radius 2 is 2.14 bits per heavy atom. The molecule has 0 unspecified atom stereocenters. The van der Waals surface area contributed by atoms with Crippen LogP contribution in [-0.4, -0.2) is 24.6 Å². The van der Waals surface area contributed by atoms with Gasteiger partial charge in [0, 0.05) is 40.6 Å². The van der Waals surface area contributed by atoms with Crippen molar-refractivity contribution in [2.24, 2.45) is 0 Å². The van der Waals surface area contributed by atoms with E-state index in [1.54, 1.807) is 31.4 Å². The second kappa shape index (κ2) is 9.13. The van der Waals surface area contributed by atoms with E-state index in [4.69, 9.17) is 4.74 Å². The zero-order chi connectivity index (χ0) is 19.9. The number of nitrogens with zero attached hydrogens (tertiary/aromatic N) is 2. The number of ether oxygens (including phenoxy) is 1. The van der Waals surface area contributed by atoms with E-state index in [-0.39, 0.29) is 5.91 Å². The molecule has 2 N–H and O–H groups in total. The molecule has 1 amide bonds. The van der Waals surface area contributed by atoms with Crippen molar-refractivity contribution >= 4 is 49.8 Å². The molecule has 0 aliphatic rings. The minimum atomic E-state index is -0.262. The van der Waals surface area contributed by atoms with Gasteiger partial charge in [0.1, 0.15) is 6.07 Å². The second-order valence-electron chi connectivity index (χ2n) is 5.87. The first-order valence-electron chi connectivity index (χ1n) is 8.42. The van der Waals surface area contributed by atoms with Gasteiger partial charge >= 0.3 is 0 Å². The summed E-state index contributed by atoms with van der Waals surface area (Å²) in [6.07, 6.45) is 4.58. The van der Waals surface area contributed by atoms with Crippen molar-refractivity contribution in [1.82, 2.24) is 4.98 Å². The van der Waals surface area contributed by atoms with Crippen LogP contribution in [0.2, 0.25) is 0 Å². The maximum absolute atomic E-state index is 12.0. The molecule has 0 aliphatic heterocycles. The largest absolute Gasteiger partial charge is 0.381 e. The molecule has 0 atom stereocenters. The quantitative estimate of drug-likeness (QED) is 0.544. The Hall–Kier alpha value is -3.21. The van der Waals surface area contributed by atoms with Crippen molar-refractivity contribution in [3.63, 3.8) is 0 Å². The molecule has 0 radical (unpaired) electrons. The minimum absolute atomic E-state index is 0.262. The number of amides is 1. The normalized spacial score (nSPS) is 10.8. The smallest absolute Gasteiger partial charge is 0.248 e. The Kier molecular flexibility index (Phi) is 6.37. The predicted octanol–water partition coefficient (Wildman–Crippen LogP) is 4.75. The third-order valence-electron chi connectivity index (χ3n) is 3.88. The number of aromatic nitrogens is 1. The fraction of sp³-hybridized carbons (Fsp3) is 0.0952. The number of nitriles is 1. The summed E-state index contributed by atoms with van der Waals surface area (Å²) in [6, 6.07) is 15.2. The number of anilines is 3. The van der Waals surface area contributed by atoms with Crippen molar-refractivity contribution in [3.05, 3.63) is 70.8 Å². The summed E-state index contributed by atoms with van der Waals surface area (Å²) in [6.45, 7) is 0.362. The topological polar surface area (TPSA) is 87.0 Å². The summed E-state index contributed by atoms with van der Waals surface area (Å²) in [5.74, 6) is -0.262. The van der Waals surface area contributed by atoms with Gasteiger partial charge in [-0.15, -0.1) is 0 Å². The Morgan fingerprint density at radius 3 is 2.89 bits per heavy atom. The molecule has 28 heavy (non-hydrogen) atoms. The van der Waals surface area contributed by atoms with Crippen molar-refractivity contribution in [2.75, 3.05) is 24.4 Å². The lowest BCUT2D eigenvalue weighted by Crippen LogP contribution is -2.08. The van der Waals surface area contributed by atoms with E-state index >= 15 is 0 Å². The van der Waals surface area contributed by atoms with E-state index in [2.05, 4.69) is 37.6 Å². The number of halogens is 1. The lowest BCUT2D eigenvalue weighted by atomic mass is 10.1. The van der Waals surface area contributed by atoms with E-state index in [0.717, 1.165) is 15.5 Å². The molecule has 2 aromatic carbocycles. The Balaban J connectivity index is 1.98. The van der Waals surface area contributed by atoms with Gasteiger partial charge in [-0.25, -0.2) is 0 Å². The van der Waals surface area contributed by atoms with Crippen LogP contribution in [0.25, 0.3) is 10.9 Å². The number of methoxy groups -OCH3 is 1. The monoisotopic (exact) mass is 436 g/mol. The maximum Gasteiger partial charge on any atom is 0.248 e. The summed E-state index contributed by atoms with van der Waals surface area (Å²) < 4.78 is 5.81. The van der Waals surface area contributed by atoms with Crippen LogP contribution >= 0.6 is 15.9 Å². The van der Waals surface area contributed by atoms with Crippen molar-refractivity contribution in [3.8, 4) is 6.07 Å². The molecule has 3 rings (SSSR count). The van der Waals surface area contributed by atoms with Gasteiger partial charge in [0.05, 0.1) is 23.4 Å². The number of pyridine rings is 1. The number of carbonyl (C=O) groups is 1. The third kappa shape index (κ3) is 4.74. The summed E-state index contributed by atoms with van der Waals surface area (Å²) >= 11 is 3.45. The molecule has 0 spiro atoms. The van der Waals surface area contributed by atoms with Crippen LogP contribution in [0, 0.1) is 11.3 Å². The van der Waals surface area contributed by atoms with Crippen LogP contribution in [0.3, 0.4) is 0 Å². The van der Waals surface area contributed by atoms with E-state index in [1.165, 1.54) is 12.3 Å². The molecule has 0 aliphatic carbocycles. The van der Waals surface area contributed by atoms with Gasteiger partial charge in [-0.2, -0.15) is 5.26 Å². The third-order valence-corrected chi connectivity index (χ3v) is 4.38. The molecule has 0 fully saturated rings. The van der Waals surface area contributed by atoms with Gasteiger partial charge in [0.2, 0.25) is 5.91 Å². The summed E-state index contributed by atoms with van der Waals surface area (Å²) in [5.41, 5.74) is 3.20. The first-order valence-corrected chi connectivity index (χ1v) is 9.22. The Bertz CT molecular complexity index is 1090. The first kappa shape index (κ1) is 19.5. The molecule has 3 aromatic rings. The number of carbonyl (C=O) groups excluding carboxylic acids is 1. The standard InChI is InChI=1S/C21H17BrN4O2/c1-28-9-3-6-20(27)25-17-7-8-19-18(11-17)21(14(12-23)13-24-19)26-16-5-2-4-15(22)10-16/h2-8,10-11,13H,9H2,1H3,(H,24,26)(H,25,27)/b6-3+. The van der Waals surface area contributed by atoms with Crippen molar-refractivity contribution < 1.29 is 9.53 Å². The van der Waals surface area contributed by atoms with Crippen LogP contribution in [0.15, 0.2) is 65.3 Å². The van der Waals surface area contributed by atoms with Crippen LogP contribution in [0.4, 0.5) is 17.1 Å². The second-order valence-corrected chi connectivity index (χ2v) is 6.79. The Labute approximate surface area is 171 Å². The van der Waals surface area contributed by atoms with Gasteiger partial charge in [0.25, 0.3) is 0 Å². The highest BCUT2D eigenvalue weighted by molar-refractivity contribution is 9.10. The fourth-order valence-electron chi connectivity index (χ4n) is 2.64. The number of nitrogens with one attached hydrogen (secondary N) is 2. The summed E-state index contributed by atoms with van der Waals surface area (Å²) in [5, 5.41) is 16.3. The number of rotatable bonds is 6. The number of benzene rings is 2. The first-order chi connectivity index (χ1) is 13.6. The van der Waals surface area contributed by atoms with E-state index in [9.17, 15) is 10.1 Å². The van der Waals surface area contributed by atoms with Crippen LogP contribution < -0.4 is 10.6 Å². The summed E-state index contributed by atoms with van der Waals surface area (Å²) in [4.78, 5) is 16.4. The molecule has 0 bridgehead atoms. The van der Waals surface area contributed by atoms with Gasteiger partial charge in [0.15, 0.2) is 0 Å². The SMILES string of the molecule is COC/C=C/C(=O)Nc1ccc2ncc(C#N)c(Nc3cccc(Br)c3)c2c1. The number of fused-ring (bicyclic) bond motifs is 1. The van der Waals surface area contributed by atoms with Crippen molar-refractivity contribution in [2.45, 2.75) is 0 Å². The molecule has 1 heterocycles. The van der Waals surface area contributed by atoms with Crippen LogP contribution in [-0.2, 0) is 9.53 Å². The van der Waals surface area contributed by atoms with E-state index < -0.39 is 0 Å². The molecule has 1 aromatic heterocycles. The van der Waals surface area contributed by atoms with Crippen molar-refractivity contribution in [1.29, 1.82) is 5.26 Å². The van der Waals surface area contributed by atoms with Gasteiger partial charge in [-0.3, -0.25) is 9.78 Å². The minimum Gasteiger partial charge on any atom is -0.381 e. The average molecular weight is 437 g/mol. The lowest BCUT2D eigenvalue weighted by molar-refractivity contribution is -0.111. The molecule has 0 saturated carbocycles. The molecular formula is C21H17BrN4O2. The molecule has 6 nitrogen and oxygen atoms in total. The number of hydrogen-bond donors (Lipinski definition) is 2. The van der Waals surface area contributed by atoms with Gasteiger partial charge in [-0.05, 0) is 36.4 Å². The van der Waals surface area contributed by atoms with E-state index in [1.807, 2.05) is 24.3 Å². The maximum atomic E-state index is 12.0. The van der Waals surface area contributed by atoms with Gasteiger partial charge < -0.3 is 15.4 Å². The fourth-order valence-corrected chi connectivity index (χ4v) is 3.03. The molecular weight excluding hydrogens is 420 g/mol. The van der Waals surface area contributed by atoms with Gasteiger partial charge in [-0.1, -0.05) is 28.1 Å². The van der Waals surface area contributed by atoms with Crippen LogP contribution in [0.5, 0.6) is 0 Å². The highest BCUT2D eigenvalue weighted by Crippen LogP contribution is 2.31.